The normalized spacial score (nSPS) is 18.0. The van der Waals surface area contributed by atoms with Crippen molar-refractivity contribution >= 4 is 11.8 Å². The second-order valence-electron chi connectivity index (χ2n) is 7.36. The van der Waals surface area contributed by atoms with Crippen LogP contribution in [0, 0.1) is 0 Å². The van der Waals surface area contributed by atoms with E-state index < -0.39 is 5.60 Å². The van der Waals surface area contributed by atoms with Gasteiger partial charge in [-0.3, -0.25) is 0 Å². The minimum absolute atomic E-state index is 0.0693. The van der Waals surface area contributed by atoms with Crippen molar-refractivity contribution < 1.29 is 9.53 Å². The number of piperidine rings is 1. The van der Waals surface area contributed by atoms with E-state index in [0.29, 0.717) is 0 Å². The summed E-state index contributed by atoms with van der Waals surface area (Å²) < 4.78 is 5.46. The van der Waals surface area contributed by atoms with Crippen LogP contribution in [0.25, 0.3) is 0 Å². The van der Waals surface area contributed by atoms with Gasteiger partial charge in [0.15, 0.2) is 0 Å². The number of rotatable bonds is 2. The lowest BCUT2D eigenvalue weighted by atomic mass is 9.87. The molecule has 4 heteroatoms. The summed E-state index contributed by atoms with van der Waals surface area (Å²) in [4.78, 5) is 16.3. The summed E-state index contributed by atoms with van der Waals surface area (Å²) in [6, 6.07) is 10.4. The Hall–Kier alpha value is -1.71. The molecular formula is C18H28N2O2. The minimum atomic E-state index is -0.432. The predicted octanol–water partition coefficient (Wildman–Crippen LogP) is 3.91. The largest absolute Gasteiger partial charge is 0.444 e. The molecule has 1 fully saturated rings. The van der Waals surface area contributed by atoms with Gasteiger partial charge in [-0.25, -0.2) is 4.79 Å². The molecule has 0 radical (unpaired) electrons. The van der Waals surface area contributed by atoms with Gasteiger partial charge in [0.2, 0.25) is 0 Å². The number of carbonyl (C=O) groups excluding carboxylic acids is 1. The molecular weight excluding hydrogens is 276 g/mol. The van der Waals surface area contributed by atoms with Crippen LogP contribution in [0.1, 0.15) is 40.5 Å². The smallest absolute Gasteiger partial charge is 0.410 e. The quantitative estimate of drug-likeness (QED) is 0.830. The number of hydrogen-bond acceptors (Lipinski definition) is 3. The average molecular weight is 304 g/mol. The highest BCUT2D eigenvalue weighted by Crippen LogP contribution is 2.32. The lowest BCUT2D eigenvalue weighted by Gasteiger charge is -2.46. The highest BCUT2D eigenvalue weighted by Gasteiger charge is 2.36. The van der Waals surface area contributed by atoms with Crippen molar-refractivity contribution in [2.45, 2.75) is 51.7 Å². The van der Waals surface area contributed by atoms with Gasteiger partial charge in [-0.1, -0.05) is 18.2 Å². The van der Waals surface area contributed by atoms with E-state index in [2.05, 4.69) is 43.1 Å². The Morgan fingerprint density at radius 3 is 2.23 bits per heavy atom. The van der Waals surface area contributed by atoms with Crippen LogP contribution in [0.4, 0.5) is 10.5 Å². The molecule has 22 heavy (non-hydrogen) atoms. The fourth-order valence-electron chi connectivity index (χ4n) is 2.80. The van der Waals surface area contributed by atoms with Crippen LogP contribution in [0.15, 0.2) is 30.3 Å². The Labute approximate surface area is 134 Å². The van der Waals surface area contributed by atoms with E-state index in [-0.39, 0.29) is 11.6 Å². The summed E-state index contributed by atoms with van der Waals surface area (Å²) in [5.41, 5.74) is 0.856. The van der Waals surface area contributed by atoms with Gasteiger partial charge in [-0.15, -0.1) is 0 Å². The van der Waals surface area contributed by atoms with Crippen molar-refractivity contribution in [1.82, 2.24) is 4.90 Å². The molecule has 0 atom stereocenters. The fourth-order valence-corrected chi connectivity index (χ4v) is 2.80. The predicted molar refractivity (Wildman–Crippen MR) is 90.3 cm³/mol. The van der Waals surface area contributed by atoms with Gasteiger partial charge in [0, 0.05) is 31.4 Å². The topological polar surface area (TPSA) is 32.8 Å². The molecule has 0 spiro atoms. The van der Waals surface area contributed by atoms with Crippen molar-refractivity contribution in [2.24, 2.45) is 0 Å². The summed E-state index contributed by atoms with van der Waals surface area (Å²) in [6.07, 6.45) is 1.69. The molecule has 0 aromatic heterocycles. The second kappa shape index (κ2) is 6.19. The molecule has 1 amide bonds. The van der Waals surface area contributed by atoms with Gasteiger partial charge in [-0.2, -0.15) is 0 Å². The van der Waals surface area contributed by atoms with Gasteiger partial charge in [0.1, 0.15) is 5.60 Å². The Morgan fingerprint density at radius 1 is 1.18 bits per heavy atom. The summed E-state index contributed by atoms with van der Waals surface area (Å²) in [5.74, 6) is 0. The van der Waals surface area contributed by atoms with Gasteiger partial charge < -0.3 is 14.5 Å². The highest BCUT2D eigenvalue weighted by molar-refractivity contribution is 5.68. The van der Waals surface area contributed by atoms with Crippen LogP contribution in [0.2, 0.25) is 0 Å². The Bertz CT molecular complexity index is 500. The van der Waals surface area contributed by atoms with Crippen LogP contribution in [0.3, 0.4) is 0 Å². The number of hydrogen-bond donors (Lipinski definition) is 0. The standard InChI is InChI=1S/C18H28N2O2/c1-17(2,3)22-16(21)20-13-11-18(4,12-14-20)19(5)15-9-7-6-8-10-15/h6-10H,11-14H2,1-5H3. The molecule has 1 aliphatic heterocycles. The number of likely N-dealkylation sites (tertiary alicyclic amines) is 1. The molecule has 1 saturated heterocycles. The lowest BCUT2D eigenvalue weighted by molar-refractivity contribution is 0.0174. The molecule has 1 heterocycles. The third-order valence-electron chi connectivity index (χ3n) is 4.45. The molecule has 1 aromatic rings. The molecule has 4 nitrogen and oxygen atoms in total. The Kier molecular flexibility index (Phi) is 4.69. The first-order chi connectivity index (χ1) is 10.2. The molecule has 0 bridgehead atoms. The van der Waals surface area contributed by atoms with E-state index in [4.69, 9.17) is 4.74 Å². The van der Waals surface area contributed by atoms with E-state index in [1.807, 2.05) is 31.7 Å². The number of anilines is 1. The SMILES string of the molecule is CN(c1ccccc1)C1(C)CCN(C(=O)OC(C)(C)C)CC1. The maximum absolute atomic E-state index is 12.2. The van der Waals surface area contributed by atoms with Crippen LogP contribution < -0.4 is 4.90 Å². The first-order valence-corrected chi connectivity index (χ1v) is 7.98. The van der Waals surface area contributed by atoms with Gasteiger partial charge in [0.25, 0.3) is 0 Å². The molecule has 0 saturated carbocycles. The summed E-state index contributed by atoms with van der Waals surface area (Å²) in [6.45, 7) is 9.46. The average Bonchev–Trinajstić information content (AvgIpc) is 2.46. The third-order valence-corrected chi connectivity index (χ3v) is 4.45. The third kappa shape index (κ3) is 3.93. The monoisotopic (exact) mass is 304 g/mol. The lowest BCUT2D eigenvalue weighted by Crippen LogP contribution is -2.54. The number of carbonyl (C=O) groups is 1. The number of nitrogens with zero attached hydrogens (tertiary/aromatic N) is 2. The molecule has 2 rings (SSSR count). The first-order valence-electron chi connectivity index (χ1n) is 7.98. The number of para-hydroxylation sites is 1. The molecule has 0 N–H and O–H groups in total. The van der Waals surface area contributed by atoms with E-state index in [9.17, 15) is 4.79 Å². The van der Waals surface area contributed by atoms with Crippen LogP contribution in [-0.4, -0.2) is 42.3 Å². The Balaban J connectivity index is 1.97. The van der Waals surface area contributed by atoms with E-state index in [1.54, 1.807) is 0 Å². The summed E-state index contributed by atoms with van der Waals surface area (Å²) in [5, 5.41) is 0. The number of amides is 1. The molecule has 122 valence electrons. The Morgan fingerprint density at radius 2 is 1.73 bits per heavy atom. The van der Waals surface area contributed by atoms with Gasteiger partial charge in [0.05, 0.1) is 0 Å². The van der Waals surface area contributed by atoms with Crippen molar-refractivity contribution in [2.75, 3.05) is 25.0 Å². The molecule has 1 aliphatic rings. The van der Waals surface area contributed by atoms with E-state index in [0.717, 1.165) is 25.9 Å². The van der Waals surface area contributed by atoms with Crippen molar-refractivity contribution in [3.8, 4) is 0 Å². The zero-order valence-corrected chi connectivity index (χ0v) is 14.4. The maximum Gasteiger partial charge on any atom is 0.410 e. The minimum Gasteiger partial charge on any atom is -0.444 e. The summed E-state index contributed by atoms with van der Waals surface area (Å²) in [7, 11) is 2.14. The van der Waals surface area contributed by atoms with Crippen molar-refractivity contribution in [3.05, 3.63) is 30.3 Å². The maximum atomic E-state index is 12.2. The van der Waals surface area contributed by atoms with Gasteiger partial charge >= 0.3 is 6.09 Å². The highest BCUT2D eigenvalue weighted by atomic mass is 16.6. The molecule has 0 aliphatic carbocycles. The fraction of sp³-hybridized carbons (Fsp3) is 0.611. The van der Waals surface area contributed by atoms with Crippen LogP contribution in [0.5, 0.6) is 0 Å². The van der Waals surface area contributed by atoms with Crippen molar-refractivity contribution in [3.63, 3.8) is 0 Å². The second-order valence-corrected chi connectivity index (χ2v) is 7.36. The van der Waals surface area contributed by atoms with Crippen LogP contribution in [-0.2, 0) is 4.74 Å². The molecule has 1 aromatic carbocycles. The summed E-state index contributed by atoms with van der Waals surface area (Å²) >= 11 is 0. The molecule has 0 unspecified atom stereocenters. The zero-order chi connectivity index (χ0) is 16.4. The van der Waals surface area contributed by atoms with E-state index in [1.165, 1.54) is 5.69 Å². The number of benzene rings is 1. The number of ether oxygens (including phenoxy) is 1. The zero-order valence-electron chi connectivity index (χ0n) is 14.4. The van der Waals surface area contributed by atoms with E-state index >= 15 is 0 Å². The van der Waals surface area contributed by atoms with Gasteiger partial charge in [-0.05, 0) is 52.7 Å². The first kappa shape index (κ1) is 16.7. The van der Waals surface area contributed by atoms with Crippen LogP contribution >= 0.6 is 0 Å². The van der Waals surface area contributed by atoms with Crippen molar-refractivity contribution in [1.29, 1.82) is 0 Å².